The van der Waals surface area contributed by atoms with E-state index in [0.717, 1.165) is 0 Å². The van der Waals surface area contributed by atoms with Crippen LogP contribution in [0.1, 0.15) is 29.1 Å². The normalized spacial score (nSPS) is 11.9. The van der Waals surface area contributed by atoms with Gasteiger partial charge in [-0.3, -0.25) is 4.79 Å². The number of amides is 1. The second-order valence-electron chi connectivity index (χ2n) is 3.70. The van der Waals surface area contributed by atoms with Crippen molar-refractivity contribution < 1.29 is 9.53 Å². The molecule has 7 heteroatoms. The number of tetrazole rings is 1. The Balaban J connectivity index is 2.07. The average molecular weight is 247 g/mol. The molecule has 1 aromatic carbocycles. The number of ether oxygens (including phenoxy) is 1. The van der Waals surface area contributed by atoms with Gasteiger partial charge in [-0.25, -0.2) is 0 Å². The van der Waals surface area contributed by atoms with Crippen LogP contribution in [-0.4, -0.2) is 33.6 Å². The zero-order chi connectivity index (χ0) is 13.0. The van der Waals surface area contributed by atoms with Crippen molar-refractivity contribution in [3.05, 3.63) is 35.7 Å². The number of hydrogen-bond acceptors (Lipinski definition) is 5. The molecule has 0 aliphatic rings. The lowest BCUT2D eigenvalue weighted by molar-refractivity contribution is 0.0938. The molecule has 1 unspecified atom stereocenters. The Hall–Kier alpha value is -2.44. The van der Waals surface area contributed by atoms with E-state index in [-0.39, 0.29) is 11.9 Å². The molecule has 0 aliphatic heterocycles. The lowest BCUT2D eigenvalue weighted by atomic mass is 10.2. The van der Waals surface area contributed by atoms with Crippen LogP contribution < -0.4 is 10.1 Å². The molecule has 94 valence electrons. The zero-order valence-electron chi connectivity index (χ0n) is 10.0. The van der Waals surface area contributed by atoms with Crippen molar-refractivity contribution >= 4 is 5.91 Å². The number of carbonyl (C=O) groups excluding carboxylic acids is 1. The molecule has 2 rings (SSSR count). The molecule has 1 aromatic heterocycles. The van der Waals surface area contributed by atoms with Crippen LogP contribution in [0.15, 0.2) is 24.3 Å². The highest BCUT2D eigenvalue weighted by atomic mass is 16.5. The molecule has 0 saturated heterocycles. The van der Waals surface area contributed by atoms with E-state index in [1.54, 1.807) is 38.3 Å². The number of aromatic amines is 1. The number of nitrogens with one attached hydrogen (secondary N) is 2. The van der Waals surface area contributed by atoms with Gasteiger partial charge >= 0.3 is 0 Å². The molecule has 1 amide bonds. The predicted octanol–water partition coefficient (Wildman–Crippen LogP) is 0.699. The van der Waals surface area contributed by atoms with Crippen molar-refractivity contribution in [2.24, 2.45) is 0 Å². The van der Waals surface area contributed by atoms with Crippen LogP contribution in [0.2, 0.25) is 0 Å². The Morgan fingerprint density at radius 3 is 3.00 bits per heavy atom. The lowest BCUT2D eigenvalue weighted by Gasteiger charge is -2.10. The highest BCUT2D eigenvalue weighted by molar-refractivity contribution is 5.94. The number of nitrogens with zero attached hydrogens (tertiary/aromatic N) is 3. The van der Waals surface area contributed by atoms with E-state index < -0.39 is 0 Å². The van der Waals surface area contributed by atoms with Gasteiger partial charge in [-0.2, -0.15) is 5.21 Å². The van der Waals surface area contributed by atoms with Crippen molar-refractivity contribution in [1.82, 2.24) is 25.9 Å². The molecule has 1 heterocycles. The highest BCUT2D eigenvalue weighted by Gasteiger charge is 2.14. The van der Waals surface area contributed by atoms with Crippen LogP contribution in [-0.2, 0) is 0 Å². The van der Waals surface area contributed by atoms with Gasteiger partial charge in [0.2, 0.25) is 0 Å². The molecule has 0 radical (unpaired) electrons. The molecule has 0 bridgehead atoms. The number of methoxy groups -OCH3 is 1. The lowest BCUT2D eigenvalue weighted by Crippen LogP contribution is -2.27. The average Bonchev–Trinajstić information content (AvgIpc) is 2.92. The third kappa shape index (κ3) is 2.62. The topological polar surface area (TPSA) is 92.8 Å². The summed E-state index contributed by atoms with van der Waals surface area (Å²) in [6.45, 7) is 1.78. The minimum atomic E-state index is -0.317. The number of hydrogen-bond donors (Lipinski definition) is 2. The maximum atomic E-state index is 12.0. The fraction of sp³-hybridized carbons (Fsp3) is 0.273. The molecular formula is C11H13N5O2. The van der Waals surface area contributed by atoms with Crippen molar-refractivity contribution in [3.63, 3.8) is 0 Å². The zero-order valence-corrected chi connectivity index (χ0v) is 10.0. The third-order valence-electron chi connectivity index (χ3n) is 2.43. The number of carbonyl (C=O) groups is 1. The molecule has 7 nitrogen and oxygen atoms in total. The Morgan fingerprint density at radius 2 is 2.33 bits per heavy atom. The molecule has 0 aliphatic carbocycles. The molecule has 1 atom stereocenters. The summed E-state index contributed by atoms with van der Waals surface area (Å²) in [5.74, 6) is 0.854. The maximum absolute atomic E-state index is 12.0. The van der Waals surface area contributed by atoms with Crippen molar-refractivity contribution in [2.45, 2.75) is 13.0 Å². The van der Waals surface area contributed by atoms with E-state index in [4.69, 9.17) is 4.74 Å². The van der Waals surface area contributed by atoms with Gasteiger partial charge in [0.05, 0.1) is 13.2 Å². The fourth-order valence-electron chi connectivity index (χ4n) is 1.46. The Kier molecular flexibility index (Phi) is 3.52. The van der Waals surface area contributed by atoms with Crippen LogP contribution >= 0.6 is 0 Å². The van der Waals surface area contributed by atoms with Gasteiger partial charge in [0.15, 0.2) is 5.82 Å². The molecule has 2 aromatic rings. The minimum Gasteiger partial charge on any atom is -0.497 e. The SMILES string of the molecule is COc1cccc(C(=O)NC(C)c2nn[nH]n2)c1. The Labute approximate surface area is 104 Å². The van der Waals surface area contributed by atoms with Gasteiger partial charge in [-0.05, 0) is 25.1 Å². The van der Waals surface area contributed by atoms with Crippen molar-refractivity contribution in [2.75, 3.05) is 7.11 Å². The molecule has 18 heavy (non-hydrogen) atoms. The first-order valence-corrected chi connectivity index (χ1v) is 5.39. The standard InChI is InChI=1S/C11H13N5O2/c1-7(10-13-15-16-14-10)12-11(17)8-4-3-5-9(6-8)18-2/h3-7H,1-2H3,(H,12,17)(H,13,14,15,16). The van der Waals surface area contributed by atoms with Crippen LogP contribution in [0.25, 0.3) is 0 Å². The van der Waals surface area contributed by atoms with Crippen LogP contribution in [0.4, 0.5) is 0 Å². The largest absolute Gasteiger partial charge is 0.497 e. The Bertz CT molecular complexity index is 526. The van der Waals surface area contributed by atoms with Crippen LogP contribution in [0, 0.1) is 0 Å². The first-order chi connectivity index (χ1) is 8.70. The first-order valence-electron chi connectivity index (χ1n) is 5.39. The summed E-state index contributed by atoms with van der Waals surface area (Å²) in [7, 11) is 1.55. The number of aromatic nitrogens is 4. The van der Waals surface area contributed by atoms with Gasteiger partial charge in [0, 0.05) is 5.56 Å². The quantitative estimate of drug-likeness (QED) is 0.829. The predicted molar refractivity (Wildman–Crippen MR) is 63.1 cm³/mol. The van der Waals surface area contributed by atoms with Gasteiger partial charge in [-0.15, -0.1) is 10.2 Å². The maximum Gasteiger partial charge on any atom is 0.251 e. The second-order valence-corrected chi connectivity index (χ2v) is 3.70. The molecule has 0 saturated carbocycles. The first kappa shape index (κ1) is 12.0. The summed E-state index contributed by atoms with van der Waals surface area (Å²) in [5, 5.41) is 16.2. The molecular weight excluding hydrogens is 234 g/mol. The molecule has 0 fully saturated rings. The highest BCUT2D eigenvalue weighted by Crippen LogP contribution is 2.13. The smallest absolute Gasteiger partial charge is 0.251 e. The third-order valence-corrected chi connectivity index (χ3v) is 2.43. The van der Waals surface area contributed by atoms with E-state index in [9.17, 15) is 4.79 Å². The summed E-state index contributed by atoms with van der Waals surface area (Å²) < 4.78 is 5.06. The monoisotopic (exact) mass is 247 g/mol. The van der Waals surface area contributed by atoms with E-state index in [1.165, 1.54) is 0 Å². The number of rotatable bonds is 4. The fourth-order valence-corrected chi connectivity index (χ4v) is 1.46. The van der Waals surface area contributed by atoms with E-state index in [2.05, 4.69) is 25.9 Å². The molecule has 0 spiro atoms. The number of H-pyrrole nitrogens is 1. The van der Waals surface area contributed by atoms with E-state index >= 15 is 0 Å². The number of benzene rings is 1. The summed E-state index contributed by atoms with van der Waals surface area (Å²) >= 11 is 0. The van der Waals surface area contributed by atoms with E-state index in [1.807, 2.05) is 0 Å². The summed E-state index contributed by atoms with van der Waals surface area (Å²) in [4.78, 5) is 12.0. The second kappa shape index (κ2) is 5.26. The molecule has 2 N–H and O–H groups in total. The summed E-state index contributed by atoms with van der Waals surface area (Å²) in [5.41, 5.74) is 0.518. The summed E-state index contributed by atoms with van der Waals surface area (Å²) in [6, 6.07) is 6.59. The van der Waals surface area contributed by atoms with E-state index in [0.29, 0.717) is 17.1 Å². The van der Waals surface area contributed by atoms with Gasteiger partial charge < -0.3 is 10.1 Å². The van der Waals surface area contributed by atoms with Crippen molar-refractivity contribution in [1.29, 1.82) is 0 Å². The minimum absolute atomic E-state index is 0.216. The van der Waals surface area contributed by atoms with Crippen molar-refractivity contribution in [3.8, 4) is 5.75 Å². The van der Waals surface area contributed by atoms with Gasteiger partial charge in [-0.1, -0.05) is 11.3 Å². The Morgan fingerprint density at radius 1 is 1.50 bits per heavy atom. The van der Waals surface area contributed by atoms with Gasteiger partial charge in [0.1, 0.15) is 5.75 Å². The van der Waals surface area contributed by atoms with Crippen LogP contribution in [0.3, 0.4) is 0 Å². The summed E-state index contributed by atoms with van der Waals surface area (Å²) in [6.07, 6.45) is 0. The van der Waals surface area contributed by atoms with Gasteiger partial charge in [0.25, 0.3) is 5.91 Å². The van der Waals surface area contributed by atoms with Crippen LogP contribution in [0.5, 0.6) is 5.75 Å².